The summed E-state index contributed by atoms with van der Waals surface area (Å²) in [5, 5.41) is 1.72. The Balaban J connectivity index is 1.35. The van der Waals surface area contributed by atoms with E-state index in [0.717, 1.165) is 36.3 Å². The Morgan fingerprint density at radius 2 is 1.84 bits per heavy atom. The summed E-state index contributed by atoms with van der Waals surface area (Å²) in [7, 11) is -1.98. The third kappa shape index (κ3) is 5.31. The lowest BCUT2D eigenvalue weighted by atomic mass is 9.90. The molecule has 0 bridgehead atoms. The molecule has 0 radical (unpaired) electrons. The van der Waals surface area contributed by atoms with Crippen molar-refractivity contribution in [3.8, 4) is 5.75 Å². The summed E-state index contributed by atoms with van der Waals surface area (Å²) in [4.78, 5) is 14.9. The van der Waals surface area contributed by atoms with Crippen molar-refractivity contribution in [3.63, 3.8) is 0 Å². The smallest absolute Gasteiger partial charge is 0.271 e. The van der Waals surface area contributed by atoms with E-state index in [1.807, 2.05) is 17.0 Å². The van der Waals surface area contributed by atoms with E-state index in [4.69, 9.17) is 4.74 Å². The number of methoxy groups -OCH3 is 1. The molecule has 1 amide bonds. The van der Waals surface area contributed by atoms with Gasteiger partial charge in [0.25, 0.3) is 15.9 Å². The van der Waals surface area contributed by atoms with Gasteiger partial charge >= 0.3 is 0 Å². The average Bonchev–Trinajstić information content (AvgIpc) is 3.36. The van der Waals surface area contributed by atoms with Crippen LogP contribution in [0.4, 0.5) is 5.69 Å². The summed E-state index contributed by atoms with van der Waals surface area (Å²) in [5.74, 6) is 1.33. The number of rotatable bonds is 7. The van der Waals surface area contributed by atoms with Gasteiger partial charge in [0.05, 0.1) is 7.11 Å². The molecule has 168 valence electrons. The van der Waals surface area contributed by atoms with Crippen molar-refractivity contribution in [3.05, 3.63) is 77.2 Å². The van der Waals surface area contributed by atoms with E-state index < -0.39 is 10.0 Å². The first-order valence-electron chi connectivity index (χ1n) is 10.5. The number of ether oxygens (including phenoxy) is 1. The molecule has 2 aromatic carbocycles. The fraction of sp³-hybridized carbons (Fsp3) is 0.292. The number of piperidine rings is 1. The van der Waals surface area contributed by atoms with E-state index in [1.165, 1.54) is 5.56 Å². The van der Waals surface area contributed by atoms with Gasteiger partial charge in [-0.2, -0.15) is 0 Å². The van der Waals surface area contributed by atoms with Crippen LogP contribution < -0.4 is 9.46 Å². The largest absolute Gasteiger partial charge is 0.497 e. The third-order valence-corrected chi connectivity index (χ3v) is 8.49. The fourth-order valence-electron chi connectivity index (χ4n) is 3.96. The van der Waals surface area contributed by atoms with Crippen molar-refractivity contribution in [1.82, 2.24) is 4.90 Å². The number of benzene rings is 2. The molecular formula is C24H26N2O4S2. The second-order valence-corrected chi connectivity index (χ2v) is 10.8. The highest BCUT2D eigenvalue weighted by Gasteiger charge is 2.24. The normalized spacial score (nSPS) is 14.8. The molecule has 32 heavy (non-hydrogen) atoms. The van der Waals surface area contributed by atoms with Crippen LogP contribution in [0.5, 0.6) is 5.75 Å². The standard InChI is InChI=1S/C24H26N2O4S2/c1-30-22-9-7-18(8-10-22)16-19-11-13-26(14-12-19)24(27)20-4-2-5-21(17-20)25-32(28,29)23-6-3-15-31-23/h2-10,15,17,19,25H,11-14,16H2,1H3. The molecule has 0 aliphatic carbocycles. The maximum atomic E-state index is 13.0. The Morgan fingerprint density at radius 3 is 2.50 bits per heavy atom. The molecule has 8 heteroatoms. The molecule has 1 aliphatic heterocycles. The number of hydrogen-bond acceptors (Lipinski definition) is 5. The zero-order valence-electron chi connectivity index (χ0n) is 17.9. The van der Waals surface area contributed by atoms with Crippen LogP contribution in [-0.4, -0.2) is 39.4 Å². The molecule has 2 heterocycles. The van der Waals surface area contributed by atoms with Gasteiger partial charge in [0.15, 0.2) is 0 Å². The van der Waals surface area contributed by atoms with Crippen molar-refractivity contribution >= 4 is 33.0 Å². The van der Waals surface area contributed by atoms with Gasteiger partial charge in [-0.1, -0.05) is 24.3 Å². The van der Waals surface area contributed by atoms with E-state index in [0.29, 0.717) is 30.3 Å². The number of nitrogens with zero attached hydrogens (tertiary/aromatic N) is 1. The van der Waals surface area contributed by atoms with E-state index >= 15 is 0 Å². The van der Waals surface area contributed by atoms with Crippen molar-refractivity contribution in [2.24, 2.45) is 5.92 Å². The Hall–Kier alpha value is -2.84. The van der Waals surface area contributed by atoms with Crippen LogP contribution in [-0.2, 0) is 16.4 Å². The summed E-state index contributed by atoms with van der Waals surface area (Å²) in [5.41, 5.74) is 2.16. The number of anilines is 1. The molecule has 1 fully saturated rings. The van der Waals surface area contributed by atoms with Crippen LogP contribution in [0.3, 0.4) is 0 Å². The van der Waals surface area contributed by atoms with Gasteiger partial charge in [0, 0.05) is 24.3 Å². The van der Waals surface area contributed by atoms with E-state index in [2.05, 4.69) is 16.9 Å². The first-order chi connectivity index (χ1) is 15.4. The van der Waals surface area contributed by atoms with Gasteiger partial charge in [-0.15, -0.1) is 11.3 Å². The van der Waals surface area contributed by atoms with Gasteiger partial charge in [-0.05, 0) is 72.5 Å². The first-order valence-corrected chi connectivity index (χ1v) is 12.9. The minimum atomic E-state index is -3.64. The highest BCUT2D eigenvalue weighted by Crippen LogP contribution is 2.25. The molecule has 6 nitrogen and oxygen atoms in total. The third-order valence-electron chi connectivity index (χ3n) is 5.71. The van der Waals surface area contributed by atoms with E-state index in [9.17, 15) is 13.2 Å². The quantitative estimate of drug-likeness (QED) is 0.545. The summed E-state index contributed by atoms with van der Waals surface area (Å²) < 4.78 is 33.0. The van der Waals surface area contributed by atoms with Gasteiger partial charge in [0.2, 0.25) is 0 Å². The predicted octanol–water partition coefficient (Wildman–Crippen LogP) is 4.65. The predicted molar refractivity (Wildman–Crippen MR) is 127 cm³/mol. The molecule has 0 spiro atoms. The van der Waals surface area contributed by atoms with Crippen LogP contribution in [0.1, 0.15) is 28.8 Å². The van der Waals surface area contributed by atoms with Crippen LogP contribution in [0, 0.1) is 5.92 Å². The molecule has 4 rings (SSSR count). The van der Waals surface area contributed by atoms with Crippen molar-refractivity contribution in [2.45, 2.75) is 23.5 Å². The van der Waals surface area contributed by atoms with Crippen molar-refractivity contribution in [1.29, 1.82) is 0 Å². The molecule has 1 aromatic heterocycles. The van der Waals surface area contributed by atoms with Crippen LogP contribution in [0.25, 0.3) is 0 Å². The average molecular weight is 471 g/mol. The summed E-state index contributed by atoms with van der Waals surface area (Å²) in [6, 6.07) is 18.1. The van der Waals surface area contributed by atoms with Crippen molar-refractivity contribution < 1.29 is 17.9 Å². The lowest BCUT2D eigenvalue weighted by Gasteiger charge is -2.32. The minimum Gasteiger partial charge on any atom is -0.497 e. The van der Waals surface area contributed by atoms with E-state index in [-0.39, 0.29) is 10.1 Å². The maximum Gasteiger partial charge on any atom is 0.271 e. The van der Waals surface area contributed by atoms with Crippen LogP contribution in [0.2, 0.25) is 0 Å². The second kappa shape index (κ2) is 9.75. The summed E-state index contributed by atoms with van der Waals surface area (Å²) >= 11 is 1.15. The van der Waals surface area contributed by atoms with Crippen LogP contribution >= 0.6 is 11.3 Å². The van der Waals surface area contributed by atoms with Gasteiger partial charge < -0.3 is 9.64 Å². The topological polar surface area (TPSA) is 75.7 Å². The Labute approximate surface area is 192 Å². The molecule has 0 saturated carbocycles. The molecule has 0 unspecified atom stereocenters. The number of nitrogens with one attached hydrogen (secondary N) is 1. The molecule has 1 N–H and O–H groups in total. The molecular weight excluding hydrogens is 444 g/mol. The Bertz CT molecular complexity index is 1150. The van der Waals surface area contributed by atoms with Gasteiger partial charge in [-0.3, -0.25) is 9.52 Å². The first kappa shape index (κ1) is 22.4. The molecule has 1 saturated heterocycles. The van der Waals surface area contributed by atoms with E-state index in [1.54, 1.807) is 48.9 Å². The minimum absolute atomic E-state index is 0.0648. The zero-order valence-corrected chi connectivity index (χ0v) is 19.5. The Kier molecular flexibility index (Phi) is 6.81. The lowest BCUT2D eigenvalue weighted by molar-refractivity contribution is 0.0690. The Morgan fingerprint density at radius 1 is 1.09 bits per heavy atom. The molecule has 3 aromatic rings. The van der Waals surface area contributed by atoms with Gasteiger partial charge in [-0.25, -0.2) is 8.42 Å². The highest BCUT2D eigenvalue weighted by molar-refractivity contribution is 7.94. The molecule has 1 aliphatic rings. The molecule has 0 atom stereocenters. The van der Waals surface area contributed by atoms with Crippen molar-refractivity contribution in [2.75, 3.05) is 24.9 Å². The number of sulfonamides is 1. The fourth-order valence-corrected chi connectivity index (χ4v) is 6.00. The second-order valence-electron chi connectivity index (χ2n) is 7.91. The van der Waals surface area contributed by atoms with Crippen LogP contribution in [0.15, 0.2) is 70.3 Å². The number of carbonyl (C=O) groups excluding carboxylic acids is 1. The lowest BCUT2D eigenvalue weighted by Crippen LogP contribution is -2.38. The van der Waals surface area contributed by atoms with Gasteiger partial charge in [0.1, 0.15) is 9.96 Å². The summed E-state index contributed by atoms with van der Waals surface area (Å²) in [6.07, 6.45) is 2.89. The number of hydrogen-bond donors (Lipinski definition) is 1. The SMILES string of the molecule is COc1ccc(CC2CCN(C(=O)c3cccc(NS(=O)(=O)c4cccs4)c3)CC2)cc1. The number of amides is 1. The number of carbonyl (C=O) groups is 1. The monoisotopic (exact) mass is 470 g/mol. The summed E-state index contributed by atoms with van der Waals surface area (Å²) in [6.45, 7) is 1.40. The highest BCUT2D eigenvalue weighted by atomic mass is 32.2. The maximum absolute atomic E-state index is 13.0. The number of likely N-dealkylation sites (tertiary alicyclic amines) is 1. The number of thiophene rings is 1. The zero-order chi connectivity index (χ0) is 22.6.